The van der Waals surface area contributed by atoms with Crippen molar-refractivity contribution in [2.45, 2.75) is 65.6 Å². The third-order valence-electron chi connectivity index (χ3n) is 8.40. The number of aryl methyl sites for hydroxylation is 3. The lowest BCUT2D eigenvalue weighted by molar-refractivity contribution is 0.0943. The number of aliphatic hydroxyl groups excluding tert-OH is 1. The summed E-state index contributed by atoms with van der Waals surface area (Å²) in [5.74, 6) is 1.49. The average molecular weight is 575 g/mol. The van der Waals surface area contributed by atoms with Gasteiger partial charge in [0.05, 0.1) is 13.7 Å². The number of benzene rings is 2. The molecule has 1 amide bonds. The van der Waals surface area contributed by atoms with Crippen LogP contribution in [0.3, 0.4) is 0 Å². The van der Waals surface area contributed by atoms with Gasteiger partial charge in [0.1, 0.15) is 18.1 Å². The van der Waals surface area contributed by atoms with E-state index in [4.69, 9.17) is 14.6 Å². The highest BCUT2D eigenvalue weighted by Crippen LogP contribution is 2.29. The van der Waals surface area contributed by atoms with Crippen molar-refractivity contribution in [2.24, 2.45) is 0 Å². The number of pyridine rings is 1. The molecule has 1 saturated heterocycles. The van der Waals surface area contributed by atoms with Gasteiger partial charge in [0.2, 0.25) is 0 Å². The van der Waals surface area contributed by atoms with Crippen LogP contribution >= 0.6 is 0 Å². The monoisotopic (exact) mass is 574 g/mol. The lowest BCUT2D eigenvalue weighted by atomic mass is 9.98. The number of aromatic nitrogens is 1. The zero-order chi connectivity index (χ0) is 30.1. The van der Waals surface area contributed by atoms with Crippen LogP contribution in [0.1, 0.15) is 58.8 Å². The number of hydrogen-bond donors (Lipinski definition) is 2. The third-order valence-corrected chi connectivity index (χ3v) is 8.40. The molecule has 3 aromatic rings. The van der Waals surface area contributed by atoms with Crippen LogP contribution in [-0.4, -0.2) is 72.9 Å². The molecule has 0 bridgehead atoms. The molecule has 226 valence electrons. The summed E-state index contributed by atoms with van der Waals surface area (Å²) >= 11 is 0. The molecule has 1 aromatic heterocycles. The van der Waals surface area contributed by atoms with Crippen LogP contribution in [0.5, 0.6) is 11.5 Å². The predicted octanol–water partition coefficient (Wildman–Crippen LogP) is 5.07. The first-order chi connectivity index (χ1) is 20.3. The van der Waals surface area contributed by atoms with Gasteiger partial charge >= 0.3 is 0 Å². The molecule has 2 heterocycles. The highest BCUT2D eigenvalue weighted by Gasteiger charge is 2.28. The smallest absolute Gasteiger partial charge is 0.251 e. The summed E-state index contributed by atoms with van der Waals surface area (Å²) in [6, 6.07) is 15.0. The van der Waals surface area contributed by atoms with E-state index >= 15 is 0 Å². The number of nitrogens with one attached hydrogen (secondary N) is 1. The maximum Gasteiger partial charge on any atom is 0.251 e. The van der Waals surface area contributed by atoms with Crippen molar-refractivity contribution in [1.29, 1.82) is 0 Å². The molecule has 8 nitrogen and oxygen atoms in total. The molecule has 2 N–H and O–H groups in total. The number of hydrogen-bond acceptors (Lipinski definition) is 7. The van der Waals surface area contributed by atoms with E-state index in [-0.39, 0.29) is 19.1 Å². The minimum absolute atomic E-state index is 0.0395. The van der Waals surface area contributed by atoms with E-state index in [0.717, 1.165) is 55.8 Å². The van der Waals surface area contributed by atoms with Gasteiger partial charge < -0.3 is 29.7 Å². The third kappa shape index (κ3) is 8.01. The van der Waals surface area contributed by atoms with E-state index in [2.05, 4.69) is 52.1 Å². The van der Waals surface area contributed by atoms with Gasteiger partial charge in [-0.3, -0.25) is 9.78 Å². The van der Waals surface area contributed by atoms with Crippen LogP contribution < -0.4 is 19.7 Å². The molecule has 1 unspecified atom stereocenters. The van der Waals surface area contributed by atoms with Crippen LogP contribution in [0, 0.1) is 20.8 Å². The summed E-state index contributed by atoms with van der Waals surface area (Å²) in [5, 5.41) is 12.1. The average Bonchev–Trinajstić information content (AvgIpc) is 2.99. The molecule has 0 radical (unpaired) electrons. The summed E-state index contributed by atoms with van der Waals surface area (Å²) in [4.78, 5) is 22.5. The number of ether oxygens (including phenoxy) is 2. The highest BCUT2D eigenvalue weighted by molar-refractivity contribution is 5.97. The first-order valence-corrected chi connectivity index (χ1v) is 15.0. The van der Waals surface area contributed by atoms with E-state index in [1.54, 1.807) is 7.11 Å². The molecule has 8 heteroatoms. The van der Waals surface area contributed by atoms with Crippen molar-refractivity contribution in [1.82, 2.24) is 15.2 Å². The van der Waals surface area contributed by atoms with E-state index in [9.17, 15) is 4.79 Å². The quantitative estimate of drug-likeness (QED) is 0.295. The van der Waals surface area contributed by atoms with Crippen molar-refractivity contribution in [3.05, 3.63) is 82.7 Å². The standard InChI is InChI=1S/C34H46N4O4/c1-24-10-14-35-22-28(24)23-38(29-6-8-31(41-5)9-7-29)30-12-16-37(17-13-30)27(4)11-15-36-34(40)33-25(2)20-32(21-26(33)3)42-19-18-39/h6-10,14,20-22,27,30,39H,11-13,15-19,23H2,1-5H3,(H,36,40). The number of piperidine rings is 1. The minimum Gasteiger partial charge on any atom is -0.497 e. The number of amides is 1. The Morgan fingerprint density at radius 2 is 1.76 bits per heavy atom. The SMILES string of the molecule is COc1ccc(N(Cc2cnccc2C)C2CCN(C(C)CCNC(=O)c3c(C)cc(OCCO)cc3C)CC2)cc1. The van der Waals surface area contributed by atoms with E-state index in [1.165, 1.54) is 16.8 Å². The second-order valence-corrected chi connectivity index (χ2v) is 11.3. The molecule has 0 aliphatic carbocycles. The van der Waals surface area contributed by atoms with Gasteiger partial charge in [-0.05, 0) is 112 Å². The number of carbonyl (C=O) groups excluding carboxylic acids is 1. The number of carbonyl (C=O) groups is 1. The molecule has 4 rings (SSSR count). The number of nitrogens with zero attached hydrogens (tertiary/aromatic N) is 3. The van der Waals surface area contributed by atoms with E-state index in [1.807, 2.05) is 50.5 Å². The molecule has 1 aliphatic heterocycles. The topological polar surface area (TPSA) is 87.2 Å². The van der Waals surface area contributed by atoms with Crippen LogP contribution in [0.15, 0.2) is 54.9 Å². The van der Waals surface area contributed by atoms with Gasteiger partial charge in [-0.15, -0.1) is 0 Å². The van der Waals surface area contributed by atoms with Gasteiger partial charge in [0.25, 0.3) is 5.91 Å². The van der Waals surface area contributed by atoms with Crippen molar-refractivity contribution in [3.8, 4) is 11.5 Å². The highest BCUT2D eigenvalue weighted by atomic mass is 16.5. The fourth-order valence-corrected chi connectivity index (χ4v) is 5.88. The zero-order valence-corrected chi connectivity index (χ0v) is 25.7. The Hall–Kier alpha value is -3.62. The summed E-state index contributed by atoms with van der Waals surface area (Å²) in [7, 11) is 1.70. The van der Waals surface area contributed by atoms with Gasteiger partial charge in [-0.25, -0.2) is 0 Å². The lowest BCUT2D eigenvalue weighted by Gasteiger charge is -2.42. The summed E-state index contributed by atoms with van der Waals surface area (Å²) in [5.41, 5.74) is 6.15. The Bertz CT molecular complexity index is 1280. The fourth-order valence-electron chi connectivity index (χ4n) is 5.88. The second kappa shape index (κ2) is 15.0. The molecule has 1 aliphatic rings. The zero-order valence-electron chi connectivity index (χ0n) is 25.7. The molecular weight excluding hydrogens is 528 g/mol. The Morgan fingerprint density at radius 1 is 1.07 bits per heavy atom. The van der Waals surface area contributed by atoms with Gasteiger partial charge in [-0.1, -0.05) is 0 Å². The Morgan fingerprint density at radius 3 is 2.38 bits per heavy atom. The van der Waals surface area contributed by atoms with E-state index < -0.39 is 0 Å². The molecule has 0 saturated carbocycles. The first kappa shape index (κ1) is 31.3. The van der Waals surface area contributed by atoms with Gasteiger partial charge in [0.15, 0.2) is 0 Å². The maximum atomic E-state index is 13.0. The molecule has 0 spiro atoms. The summed E-state index contributed by atoms with van der Waals surface area (Å²) in [6.45, 7) is 11.9. The summed E-state index contributed by atoms with van der Waals surface area (Å²) in [6.07, 6.45) is 6.88. The van der Waals surface area contributed by atoms with Crippen LogP contribution in [0.4, 0.5) is 5.69 Å². The Balaban J connectivity index is 1.32. The number of methoxy groups -OCH3 is 1. The number of anilines is 1. The Labute approximate surface area is 250 Å². The van der Waals surface area contributed by atoms with Gasteiger partial charge in [-0.2, -0.15) is 0 Å². The van der Waals surface area contributed by atoms with Crippen molar-refractivity contribution >= 4 is 11.6 Å². The van der Waals surface area contributed by atoms with Crippen molar-refractivity contribution in [3.63, 3.8) is 0 Å². The number of rotatable bonds is 13. The minimum atomic E-state index is -0.0505. The van der Waals surface area contributed by atoms with Crippen molar-refractivity contribution in [2.75, 3.05) is 44.9 Å². The fraction of sp³-hybridized carbons (Fsp3) is 0.471. The molecule has 1 fully saturated rings. The maximum absolute atomic E-state index is 13.0. The predicted molar refractivity (Wildman–Crippen MR) is 168 cm³/mol. The molecule has 1 atom stereocenters. The second-order valence-electron chi connectivity index (χ2n) is 11.3. The largest absolute Gasteiger partial charge is 0.497 e. The molecule has 42 heavy (non-hydrogen) atoms. The Kier molecular flexibility index (Phi) is 11.2. The van der Waals surface area contributed by atoms with Crippen molar-refractivity contribution < 1.29 is 19.4 Å². The number of likely N-dealkylation sites (tertiary alicyclic amines) is 1. The lowest BCUT2D eigenvalue weighted by Crippen LogP contribution is -2.48. The van der Waals surface area contributed by atoms with Gasteiger partial charge in [0, 0.05) is 61.9 Å². The summed E-state index contributed by atoms with van der Waals surface area (Å²) < 4.78 is 10.9. The normalized spacial score (nSPS) is 14.8. The molecular formula is C34H46N4O4. The first-order valence-electron chi connectivity index (χ1n) is 15.0. The van der Waals surface area contributed by atoms with Crippen LogP contribution in [0.25, 0.3) is 0 Å². The van der Waals surface area contributed by atoms with Crippen LogP contribution in [-0.2, 0) is 6.54 Å². The number of aliphatic hydroxyl groups is 1. The molecule has 2 aromatic carbocycles. The van der Waals surface area contributed by atoms with Crippen LogP contribution in [0.2, 0.25) is 0 Å². The van der Waals surface area contributed by atoms with E-state index in [0.29, 0.717) is 29.9 Å².